The Morgan fingerprint density at radius 2 is 2.10 bits per heavy atom. The van der Waals surface area contributed by atoms with Crippen molar-refractivity contribution >= 4 is 23.8 Å². The van der Waals surface area contributed by atoms with E-state index in [4.69, 9.17) is 5.11 Å². The zero-order chi connectivity index (χ0) is 14.5. The van der Waals surface area contributed by atoms with Crippen molar-refractivity contribution in [2.24, 2.45) is 0 Å². The van der Waals surface area contributed by atoms with Crippen molar-refractivity contribution in [2.45, 2.75) is 19.0 Å². The van der Waals surface area contributed by atoms with E-state index >= 15 is 0 Å². The molecule has 1 atom stereocenters. The molecule has 6 heteroatoms. The highest BCUT2D eigenvalue weighted by molar-refractivity contribution is 7.99. The third-order valence-electron chi connectivity index (χ3n) is 3.42. The summed E-state index contributed by atoms with van der Waals surface area (Å²) in [6, 6.07) is 6.75. The lowest BCUT2D eigenvalue weighted by atomic mass is 10.1. The van der Waals surface area contributed by atoms with Gasteiger partial charge < -0.3 is 15.3 Å². The van der Waals surface area contributed by atoms with E-state index in [2.05, 4.69) is 5.32 Å². The molecule has 1 fully saturated rings. The molecule has 1 aromatic carbocycles. The molecule has 20 heavy (non-hydrogen) atoms. The number of hydrogen-bond donors (Lipinski definition) is 2. The minimum atomic E-state index is -0.945. The summed E-state index contributed by atoms with van der Waals surface area (Å²) in [4.78, 5) is 24.5. The van der Waals surface area contributed by atoms with Gasteiger partial charge in [0.1, 0.15) is 0 Å². The van der Waals surface area contributed by atoms with E-state index in [1.165, 1.54) is 0 Å². The van der Waals surface area contributed by atoms with Crippen LogP contribution >= 0.6 is 11.8 Å². The molecule has 1 aromatic rings. The summed E-state index contributed by atoms with van der Waals surface area (Å²) in [6.45, 7) is 0.406. The fraction of sp³-hybridized carbons (Fsp3) is 0.429. The first kappa shape index (κ1) is 14.7. The Balaban J connectivity index is 1.84. The molecule has 1 saturated heterocycles. The van der Waals surface area contributed by atoms with Gasteiger partial charge >= 0.3 is 12.0 Å². The SMILES string of the molecule is CN(C(=O)NCc1ccc(C(=O)O)cc1)C1CCSC1. The van der Waals surface area contributed by atoms with E-state index in [0.29, 0.717) is 12.6 Å². The Bertz CT molecular complexity index is 484. The monoisotopic (exact) mass is 294 g/mol. The van der Waals surface area contributed by atoms with E-state index in [9.17, 15) is 9.59 Å². The van der Waals surface area contributed by atoms with Crippen LogP contribution in [0.25, 0.3) is 0 Å². The Kier molecular flexibility index (Phi) is 4.89. The van der Waals surface area contributed by atoms with Gasteiger partial charge in [0, 0.05) is 25.4 Å². The molecular formula is C14H18N2O3S. The molecule has 1 unspecified atom stereocenters. The van der Waals surface area contributed by atoms with Crippen molar-refractivity contribution in [3.8, 4) is 0 Å². The average molecular weight is 294 g/mol. The second-order valence-corrected chi connectivity index (χ2v) is 5.94. The predicted octanol–water partition coefficient (Wildman–Crippen LogP) is 2.03. The number of hydrogen-bond acceptors (Lipinski definition) is 3. The first-order valence-corrected chi connectivity index (χ1v) is 7.64. The molecule has 1 aliphatic heterocycles. The van der Waals surface area contributed by atoms with E-state index in [0.717, 1.165) is 23.5 Å². The zero-order valence-electron chi connectivity index (χ0n) is 11.3. The molecule has 0 spiro atoms. The van der Waals surface area contributed by atoms with Crippen LogP contribution in [0.4, 0.5) is 4.79 Å². The second-order valence-electron chi connectivity index (χ2n) is 4.79. The molecule has 2 N–H and O–H groups in total. The maximum atomic E-state index is 12.0. The number of carboxylic acids is 1. The third kappa shape index (κ3) is 3.66. The lowest BCUT2D eigenvalue weighted by Crippen LogP contribution is -2.43. The molecular weight excluding hydrogens is 276 g/mol. The number of urea groups is 1. The van der Waals surface area contributed by atoms with Crippen LogP contribution in [0.15, 0.2) is 24.3 Å². The molecule has 0 bridgehead atoms. The van der Waals surface area contributed by atoms with Crippen molar-refractivity contribution in [2.75, 3.05) is 18.6 Å². The first-order valence-electron chi connectivity index (χ1n) is 6.48. The van der Waals surface area contributed by atoms with E-state index < -0.39 is 5.97 Å². The Morgan fingerprint density at radius 3 is 2.65 bits per heavy atom. The highest BCUT2D eigenvalue weighted by Crippen LogP contribution is 2.21. The highest BCUT2D eigenvalue weighted by atomic mass is 32.2. The van der Waals surface area contributed by atoms with Gasteiger partial charge in [-0.3, -0.25) is 0 Å². The number of benzene rings is 1. The van der Waals surface area contributed by atoms with Crippen molar-refractivity contribution in [1.29, 1.82) is 0 Å². The topological polar surface area (TPSA) is 69.6 Å². The van der Waals surface area contributed by atoms with Crippen molar-refractivity contribution in [1.82, 2.24) is 10.2 Å². The minimum Gasteiger partial charge on any atom is -0.478 e. The number of carboxylic acid groups (broad SMARTS) is 1. The summed E-state index contributed by atoms with van der Waals surface area (Å²) in [6.07, 6.45) is 1.04. The molecule has 1 heterocycles. The van der Waals surface area contributed by atoms with E-state index in [1.807, 2.05) is 18.8 Å². The Morgan fingerprint density at radius 1 is 1.40 bits per heavy atom. The van der Waals surface area contributed by atoms with Gasteiger partial charge in [0.05, 0.1) is 5.56 Å². The number of amides is 2. The summed E-state index contributed by atoms with van der Waals surface area (Å²) in [5, 5.41) is 11.7. The van der Waals surface area contributed by atoms with Crippen LogP contribution in [-0.4, -0.2) is 46.6 Å². The maximum absolute atomic E-state index is 12.0. The van der Waals surface area contributed by atoms with Gasteiger partial charge in [-0.2, -0.15) is 11.8 Å². The summed E-state index contributed by atoms with van der Waals surface area (Å²) in [5.74, 6) is 1.16. The quantitative estimate of drug-likeness (QED) is 0.891. The number of rotatable bonds is 4. The molecule has 0 radical (unpaired) electrons. The fourth-order valence-corrected chi connectivity index (χ4v) is 3.33. The maximum Gasteiger partial charge on any atom is 0.335 e. The number of nitrogens with zero attached hydrogens (tertiary/aromatic N) is 1. The molecule has 2 amide bonds. The van der Waals surface area contributed by atoms with Crippen LogP contribution in [-0.2, 0) is 6.54 Å². The van der Waals surface area contributed by atoms with Gasteiger partial charge in [0.2, 0.25) is 0 Å². The van der Waals surface area contributed by atoms with Gasteiger partial charge in [-0.05, 0) is 29.9 Å². The number of carbonyl (C=O) groups is 2. The third-order valence-corrected chi connectivity index (χ3v) is 4.56. The predicted molar refractivity (Wildman–Crippen MR) is 79.1 cm³/mol. The lowest BCUT2D eigenvalue weighted by molar-refractivity contribution is 0.0697. The zero-order valence-corrected chi connectivity index (χ0v) is 12.2. The second kappa shape index (κ2) is 6.65. The average Bonchev–Trinajstić information content (AvgIpc) is 2.98. The summed E-state index contributed by atoms with van der Waals surface area (Å²) >= 11 is 1.87. The molecule has 0 saturated carbocycles. The Hall–Kier alpha value is -1.69. The Labute approximate surface area is 122 Å². The van der Waals surface area contributed by atoms with Crippen LogP contribution in [0.2, 0.25) is 0 Å². The van der Waals surface area contributed by atoms with Crippen molar-refractivity contribution < 1.29 is 14.7 Å². The molecule has 1 aliphatic rings. The van der Waals surface area contributed by atoms with Crippen LogP contribution < -0.4 is 5.32 Å². The van der Waals surface area contributed by atoms with Crippen molar-refractivity contribution in [3.63, 3.8) is 0 Å². The van der Waals surface area contributed by atoms with E-state index in [1.54, 1.807) is 29.2 Å². The van der Waals surface area contributed by atoms with Gasteiger partial charge in [0.15, 0.2) is 0 Å². The molecule has 0 aliphatic carbocycles. The summed E-state index contributed by atoms with van der Waals surface area (Å²) in [5.41, 5.74) is 1.14. The van der Waals surface area contributed by atoms with Gasteiger partial charge in [0.25, 0.3) is 0 Å². The van der Waals surface area contributed by atoms with Crippen LogP contribution in [0.5, 0.6) is 0 Å². The standard InChI is InChI=1S/C14H18N2O3S/c1-16(12-6-7-20-9-12)14(19)15-8-10-2-4-11(5-3-10)13(17)18/h2-5,12H,6-9H2,1H3,(H,15,19)(H,17,18). The number of aromatic carboxylic acids is 1. The van der Waals surface area contributed by atoms with E-state index in [-0.39, 0.29) is 11.6 Å². The number of thioether (sulfide) groups is 1. The van der Waals surface area contributed by atoms with Crippen LogP contribution in [0.3, 0.4) is 0 Å². The fourth-order valence-electron chi connectivity index (χ4n) is 2.06. The van der Waals surface area contributed by atoms with Gasteiger partial charge in [-0.1, -0.05) is 12.1 Å². The van der Waals surface area contributed by atoms with Gasteiger partial charge in [-0.15, -0.1) is 0 Å². The number of nitrogens with one attached hydrogen (secondary N) is 1. The largest absolute Gasteiger partial charge is 0.478 e. The highest BCUT2D eigenvalue weighted by Gasteiger charge is 2.23. The summed E-state index contributed by atoms with van der Waals surface area (Å²) in [7, 11) is 1.82. The smallest absolute Gasteiger partial charge is 0.335 e. The van der Waals surface area contributed by atoms with Crippen LogP contribution in [0, 0.1) is 0 Å². The van der Waals surface area contributed by atoms with Crippen LogP contribution in [0.1, 0.15) is 22.3 Å². The normalized spacial score (nSPS) is 17.8. The summed E-state index contributed by atoms with van der Waals surface area (Å²) < 4.78 is 0. The molecule has 5 nitrogen and oxygen atoms in total. The molecule has 108 valence electrons. The van der Waals surface area contributed by atoms with Gasteiger partial charge in [-0.25, -0.2) is 9.59 Å². The molecule has 0 aromatic heterocycles. The minimum absolute atomic E-state index is 0.0835. The first-order chi connectivity index (χ1) is 9.58. The van der Waals surface area contributed by atoms with Crippen molar-refractivity contribution in [3.05, 3.63) is 35.4 Å². The number of carbonyl (C=O) groups excluding carboxylic acids is 1. The molecule has 2 rings (SSSR count). The lowest BCUT2D eigenvalue weighted by Gasteiger charge is -2.24.